The zero-order valence-corrected chi connectivity index (χ0v) is 27.9. The number of esters is 1. The van der Waals surface area contributed by atoms with Gasteiger partial charge in [0.1, 0.15) is 17.0 Å². The average Bonchev–Trinajstić information content (AvgIpc) is 3.48. The van der Waals surface area contributed by atoms with Gasteiger partial charge in [0.2, 0.25) is 0 Å². The van der Waals surface area contributed by atoms with E-state index in [4.69, 9.17) is 25.8 Å². The summed E-state index contributed by atoms with van der Waals surface area (Å²) in [4.78, 5) is 16.5. The lowest BCUT2D eigenvalue weighted by Crippen LogP contribution is -2.38. The van der Waals surface area contributed by atoms with Gasteiger partial charge in [-0.3, -0.25) is 10.00 Å². The molecular formula is C35H45ClN4O4. The van der Waals surface area contributed by atoms with E-state index in [0.717, 1.165) is 100 Å². The highest BCUT2D eigenvalue weighted by molar-refractivity contribution is 6.32. The van der Waals surface area contributed by atoms with Gasteiger partial charge in [0.15, 0.2) is 0 Å². The number of fused-ring (bicyclic) bond motifs is 1. The summed E-state index contributed by atoms with van der Waals surface area (Å²) in [5, 5.41) is 9.47. The van der Waals surface area contributed by atoms with E-state index in [-0.39, 0.29) is 5.97 Å². The van der Waals surface area contributed by atoms with Gasteiger partial charge in [-0.25, -0.2) is 4.79 Å². The maximum atomic E-state index is 14.1. The van der Waals surface area contributed by atoms with Gasteiger partial charge in [0.25, 0.3) is 0 Å². The Morgan fingerprint density at radius 1 is 1.07 bits per heavy atom. The highest BCUT2D eigenvalue weighted by atomic mass is 35.5. The van der Waals surface area contributed by atoms with E-state index in [1.807, 2.05) is 60.6 Å². The number of halogens is 1. The summed E-state index contributed by atoms with van der Waals surface area (Å²) in [6.45, 7) is 19.0. The molecule has 8 nitrogen and oxygen atoms in total. The van der Waals surface area contributed by atoms with E-state index in [1.54, 1.807) is 0 Å². The summed E-state index contributed by atoms with van der Waals surface area (Å²) in [6, 6.07) is 10.3. The number of aryl methyl sites for hydroxylation is 5. The van der Waals surface area contributed by atoms with Crippen LogP contribution in [0.1, 0.15) is 65.8 Å². The fraction of sp³-hybridized carbons (Fsp3) is 0.486. The molecule has 0 bridgehead atoms. The molecule has 0 amide bonds. The molecule has 2 aromatic carbocycles. The van der Waals surface area contributed by atoms with Crippen molar-refractivity contribution in [3.63, 3.8) is 0 Å². The molecule has 1 aliphatic rings. The van der Waals surface area contributed by atoms with Crippen molar-refractivity contribution in [1.82, 2.24) is 19.7 Å². The Morgan fingerprint density at radius 3 is 2.41 bits per heavy atom. The fourth-order valence-corrected chi connectivity index (χ4v) is 6.27. The number of carbonyl (C=O) groups excluding carboxylic acids is 1. The minimum Gasteiger partial charge on any atom is -0.494 e. The predicted octanol–water partition coefficient (Wildman–Crippen LogP) is 7.22. The lowest BCUT2D eigenvalue weighted by Gasteiger charge is -2.27. The zero-order valence-electron chi connectivity index (χ0n) is 27.1. The van der Waals surface area contributed by atoms with Crippen LogP contribution in [0.5, 0.6) is 5.75 Å². The second-order valence-corrected chi connectivity index (χ2v) is 13.1. The van der Waals surface area contributed by atoms with E-state index in [2.05, 4.69) is 37.9 Å². The van der Waals surface area contributed by atoms with Crippen LogP contribution in [0.3, 0.4) is 0 Å². The first-order valence-corrected chi connectivity index (χ1v) is 15.9. The molecule has 1 saturated heterocycles. The van der Waals surface area contributed by atoms with Crippen LogP contribution < -0.4 is 4.74 Å². The third kappa shape index (κ3) is 6.98. The van der Waals surface area contributed by atoms with Crippen LogP contribution >= 0.6 is 11.6 Å². The minimum absolute atomic E-state index is 0.304. The standard InChI is InChI=1S/C35H45ClN4O4/c1-22-20-26(21-23(2)31(22)36)43-17-9-12-28-27-10-8-11-29(30-24(3)37-38-25(30)4)32(27)40(14-13-39-15-18-42-19-16-39)33(28)34(41)44-35(5,6)7/h8,10-11,20-21H,9,12-19H2,1-7H3,(H,37,38). The average molecular weight is 621 g/mol. The van der Waals surface area contributed by atoms with Crippen molar-refractivity contribution in [2.45, 2.75) is 73.5 Å². The van der Waals surface area contributed by atoms with Crippen molar-refractivity contribution in [3.8, 4) is 16.9 Å². The number of para-hydroxylation sites is 1. The molecule has 9 heteroatoms. The van der Waals surface area contributed by atoms with Crippen LogP contribution in [0.4, 0.5) is 0 Å². The summed E-state index contributed by atoms with van der Waals surface area (Å²) in [7, 11) is 0. The number of H-pyrrole nitrogens is 1. The van der Waals surface area contributed by atoms with Crippen LogP contribution in [0.2, 0.25) is 5.02 Å². The van der Waals surface area contributed by atoms with Crippen LogP contribution in [0.25, 0.3) is 22.0 Å². The van der Waals surface area contributed by atoms with E-state index in [9.17, 15) is 4.79 Å². The molecule has 1 N–H and O–H groups in total. The number of hydrogen-bond acceptors (Lipinski definition) is 6. The first-order chi connectivity index (χ1) is 20.9. The third-order valence-electron chi connectivity index (χ3n) is 8.17. The van der Waals surface area contributed by atoms with Crippen molar-refractivity contribution < 1.29 is 19.0 Å². The topological polar surface area (TPSA) is 81.6 Å². The molecule has 1 fully saturated rings. The summed E-state index contributed by atoms with van der Waals surface area (Å²) in [5.41, 5.74) is 8.06. The lowest BCUT2D eigenvalue weighted by atomic mass is 9.98. The monoisotopic (exact) mass is 620 g/mol. The Bertz CT molecular complexity index is 1600. The van der Waals surface area contributed by atoms with Gasteiger partial charge in [0, 0.05) is 53.4 Å². The summed E-state index contributed by atoms with van der Waals surface area (Å²) >= 11 is 6.37. The summed E-state index contributed by atoms with van der Waals surface area (Å²) < 4.78 is 20.0. The molecular weight excluding hydrogens is 576 g/mol. The number of nitrogens with one attached hydrogen (secondary N) is 1. The number of hydrogen-bond donors (Lipinski definition) is 1. The maximum Gasteiger partial charge on any atom is 0.355 e. The molecule has 3 heterocycles. The quantitative estimate of drug-likeness (QED) is 0.149. The number of nitrogens with zero attached hydrogens (tertiary/aromatic N) is 3. The normalized spacial score (nSPS) is 14.4. The Balaban J connectivity index is 1.57. The first kappa shape index (κ1) is 32.1. The highest BCUT2D eigenvalue weighted by Crippen LogP contribution is 2.38. The molecule has 1 aliphatic heterocycles. The Labute approximate surface area is 265 Å². The predicted molar refractivity (Wildman–Crippen MR) is 176 cm³/mol. The van der Waals surface area contributed by atoms with Crippen LogP contribution in [-0.2, 0) is 22.4 Å². The van der Waals surface area contributed by atoms with Gasteiger partial charge in [-0.1, -0.05) is 29.8 Å². The summed E-state index contributed by atoms with van der Waals surface area (Å²) in [5.74, 6) is 0.500. The van der Waals surface area contributed by atoms with Gasteiger partial charge in [0.05, 0.1) is 31.0 Å². The molecule has 4 aromatic rings. The molecule has 5 rings (SSSR count). The molecule has 0 unspecified atom stereocenters. The Kier molecular flexibility index (Phi) is 9.73. The highest BCUT2D eigenvalue weighted by Gasteiger charge is 2.29. The number of carbonyl (C=O) groups is 1. The van der Waals surface area contributed by atoms with Crippen molar-refractivity contribution in [2.24, 2.45) is 0 Å². The third-order valence-corrected chi connectivity index (χ3v) is 8.77. The van der Waals surface area contributed by atoms with E-state index in [0.29, 0.717) is 25.3 Å². The van der Waals surface area contributed by atoms with Crippen molar-refractivity contribution in [3.05, 3.63) is 69.1 Å². The first-order valence-electron chi connectivity index (χ1n) is 15.5. The number of aromatic amines is 1. The molecule has 0 saturated carbocycles. The molecule has 0 atom stereocenters. The van der Waals surface area contributed by atoms with Crippen LogP contribution in [0.15, 0.2) is 30.3 Å². The fourth-order valence-electron chi connectivity index (χ4n) is 6.16. The number of morpholine rings is 1. The number of benzene rings is 2. The Morgan fingerprint density at radius 2 is 1.77 bits per heavy atom. The molecule has 236 valence electrons. The SMILES string of the molecule is Cc1cc(OCCCc2c(C(=O)OC(C)(C)C)n(CCN3CCOCC3)c3c(-c4c(C)n[nH]c4C)cccc23)cc(C)c1Cl. The van der Waals surface area contributed by atoms with Crippen molar-refractivity contribution >= 4 is 28.5 Å². The maximum absolute atomic E-state index is 14.1. The van der Waals surface area contributed by atoms with E-state index in [1.165, 1.54) is 0 Å². The molecule has 2 aromatic heterocycles. The lowest BCUT2D eigenvalue weighted by molar-refractivity contribution is 0.00538. The molecule has 0 spiro atoms. The van der Waals surface area contributed by atoms with Gasteiger partial charge >= 0.3 is 5.97 Å². The van der Waals surface area contributed by atoms with Gasteiger partial charge in [-0.15, -0.1) is 0 Å². The van der Waals surface area contributed by atoms with Gasteiger partial charge < -0.3 is 18.8 Å². The Hall–Kier alpha value is -3.33. The second kappa shape index (κ2) is 13.3. The number of aromatic nitrogens is 3. The van der Waals surface area contributed by atoms with Crippen LogP contribution in [-0.4, -0.2) is 70.7 Å². The summed E-state index contributed by atoms with van der Waals surface area (Å²) in [6.07, 6.45) is 1.39. The van der Waals surface area contributed by atoms with Gasteiger partial charge in [-0.2, -0.15) is 5.10 Å². The smallest absolute Gasteiger partial charge is 0.355 e. The largest absolute Gasteiger partial charge is 0.494 e. The number of ether oxygens (including phenoxy) is 3. The van der Waals surface area contributed by atoms with E-state index < -0.39 is 5.60 Å². The molecule has 0 radical (unpaired) electrons. The second-order valence-electron chi connectivity index (χ2n) is 12.8. The molecule has 44 heavy (non-hydrogen) atoms. The minimum atomic E-state index is -0.631. The van der Waals surface area contributed by atoms with Crippen molar-refractivity contribution in [1.29, 1.82) is 0 Å². The van der Waals surface area contributed by atoms with Crippen LogP contribution in [0, 0.1) is 27.7 Å². The molecule has 0 aliphatic carbocycles. The van der Waals surface area contributed by atoms with Crippen molar-refractivity contribution in [2.75, 3.05) is 39.5 Å². The zero-order chi connectivity index (χ0) is 31.6. The number of rotatable bonds is 10. The van der Waals surface area contributed by atoms with E-state index >= 15 is 0 Å². The van der Waals surface area contributed by atoms with Gasteiger partial charge in [-0.05, 0) is 90.1 Å².